The van der Waals surface area contributed by atoms with Crippen LogP contribution in [0.15, 0.2) is 11.3 Å². The molecule has 1 aliphatic heterocycles. The topological polar surface area (TPSA) is 76.9 Å². The molecule has 2 rings (SSSR count). The lowest BCUT2D eigenvalue weighted by Crippen LogP contribution is -2.19. The van der Waals surface area contributed by atoms with E-state index >= 15 is 0 Å². The van der Waals surface area contributed by atoms with Crippen LogP contribution in [-0.2, 0) is 0 Å². The summed E-state index contributed by atoms with van der Waals surface area (Å²) < 4.78 is 0. The minimum absolute atomic E-state index is 0.495. The van der Waals surface area contributed by atoms with E-state index in [0.717, 1.165) is 5.69 Å². The summed E-state index contributed by atoms with van der Waals surface area (Å²) in [6.07, 6.45) is 2.67. The summed E-state index contributed by atoms with van der Waals surface area (Å²) in [4.78, 5) is 10.7. The van der Waals surface area contributed by atoms with Crippen molar-refractivity contribution in [3.05, 3.63) is 12.0 Å². The first kappa shape index (κ1) is 5.92. The predicted octanol–water partition coefficient (Wildman–Crippen LogP) is 0.104. The minimum atomic E-state index is -0.495. The number of aliphatic imine (C=N–C) groups is 1. The van der Waals surface area contributed by atoms with Gasteiger partial charge in [-0.15, -0.1) is 0 Å². The van der Waals surface area contributed by atoms with Gasteiger partial charge in [-0.25, -0.2) is 4.98 Å². The van der Waals surface area contributed by atoms with Crippen molar-refractivity contribution < 1.29 is 0 Å². The van der Waals surface area contributed by atoms with Crippen molar-refractivity contribution in [1.82, 2.24) is 9.97 Å². The summed E-state index contributed by atoms with van der Waals surface area (Å²) in [5.41, 5.74) is 0.816. The number of hydrogen-bond acceptors (Lipinski definition) is 4. The van der Waals surface area contributed by atoms with Crippen LogP contribution in [0, 0.1) is 11.3 Å². The van der Waals surface area contributed by atoms with E-state index < -0.39 is 6.17 Å². The smallest absolute Gasteiger partial charge is 0.208 e. The number of hydrogen-bond donors (Lipinski definition) is 2. The predicted molar refractivity (Wildman–Crippen MR) is 39.2 cm³/mol. The highest BCUT2D eigenvalue weighted by molar-refractivity contribution is 5.86. The molecule has 0 amide bonds. The Kier molecular flexibility index (Phi) is 1.13. The van der Waals surface area contributed by atoms with E-state index in [4.69, 9.17) is 5.26 Å². The zero-order valence-electron chi connectivity index (χ0n) is 5.57. The first-order valence-corrected chi connectivity index (χ1v) is 3.13. The van der Waals surface area contributed by atoms with E-state index in [-0.39, 0.29) is 0 Å². The molecule has 54 valence electrons. The van der Waals surface area contributed by atoms with Gasteiger partial charge in [0.1, 0.15) is 11.8 Å². The first-order valence-electron chi connectivity index (χ1n) is 3.13. The van der Waals surface area contributed by atoms with Gasteiger partial charge in [-0.05, 0) is 0 Å². The van der Waals surface area contributed by atoms with Gasteiger partial charge in [0, 0.05) is 0 Å². The Hall–Kier alpha value is -1.83. The molecule has 1 aromatic rings. The van der Waals surface area contributed by atoms with Crippen LogP contribution in [0.2, 0.25) is 0 Å². The molecule has 0 saturated carbocycles. The lowest BCUT2D eigenvalue weighted by atomic mass is 10.4. The van der Waals surface area contributed by atoms with Gasteiger partial charge in [-0.3, -0.25) is 4.99 Å². The molecule has 0 saturated heterocycles. The highest BCUT2D eigenvalue weighted by Gasteiger charge is 2.13. The summed E-state index contributed by atoms with van der Waals surface area (Å²) >= 11 is 0. The van der Waals surface area contributed by atoms with Crippen molar-refractivity contribution in [3.63, 3.8) is 0 Å². The minimum Gasteiger partial charge on any atom is -0.342 e. The Morgan fingerprint density at radius 2 is 2.55 bits per heavy atom. The average Bonchev–Trinajstić information content (AvgIpc) is 2.50. The maximum absolute atomic E-state index is 8.49. The molecule has 2 heterocycles. The molecule has 11 heavy (non-hydrogen) atoms. The molecule has 2 N–H and O–H groups in total. The number of aromatic nitrogens is 2. The maximum Gasteiger partial charge on any atom is 0.208 e. The Labute approximate surface area is 62.8 Å². The van der Waals surface area contributed by atoms with E-state index in [0.29, 0.717) is 5.82 Å². The Balaban J connectivity index is 2.37. The molecule has 0 fully saturated rings. The van der Waals surface area contributed by atoms with Crippen molar-refractivity contribution in [1.29, 1.82) is 5.26 Å². The third kappa shape index (κ3) is 0.846. The molecule has 0 aromatic carbocycles. The third-order valence-electron chi connectivity index (χ3n) is 1.42. The fraction of sp³-hybridized carbons (Fsp3) is 0.167. The Morgan fingerprint density at radius 1 is 1.64 bits per heavy atom. The number of nitrogens with zero attached hydrogens (tertiary/aromatic N) is 3. The lowest BCUT2D eigenvalue weighted by molar-refractivity contribution is 0.939. The standard InChI is InChI=1S/C6H5N5/c7-1-5-8-2-4-6(11-5)10-3-9-4/h2-3,5,11H,(H,9,10). The summed E-state index contributed by atoms with van der Waals surface area (Å²) in [7, 11) is 0. The third-order valence-corrected chi connectivity index (χ3v) is 1.42. The fourth-order valence-corrected chi connectivity index (χ4v) is 0.899. The quantitative estimate of drug-likeness (QED) is 0.546. The van der Waals surface area contributed by atoms with Crippen molar-refractivity contribution in [3.8, 4) is 6.07 Å². The average molecular weight is 147 g/mol. The van der Waals surface area contributed by atoms with E-state index in [1.807, 2.05) is 6.07 Å². The van der Waals surface area contributed by atoms with Gasteiger partial charge in [0.25, 0.3) is 0 Å². The molecule has 5 heteroatoms. The van der Waals surface area contributed by atoms with E-state index in [2.05, 4.69) is 20.3 Å². The molecular formula is C6H5N5. The van der Waals surface area contributed by atoms with E-state index in [1.165, 1.54) is 0 Å². The molecule has 0 radical (unpaired) electrons. The van der Waals surface area contributed by atoms with Crippen LogP contribution in [0.5, 0.6) is 0 Å². The number of nitrogens with one attached hydrogen (secondary N) is 2. The molecular weight excluding hydrogens is 142 g/mol. The van der Waals surface area contributed by atoms with Crippen LogP contribution in [0.3, 0.4) is 0 Å². The van der Waals surface area contributed by atoms with Gasteiger partial charge in [-0.1, -0.05) is 0 Å². The molecule has 0 aliphatic carbocycles. The van der Waals surface area contributed by atoms with E-state index in [9.17, 15) is 0 Å². The number of H-pyrrole nitrogens is 1. The van der Waals surface area contributed by atoms with Gasteiger partial charge >= 0.3 is 0 Å². The molecule has 0 spiro atoms. The monoisotopic (exact) mass is 147 g/mol. The molecule has 1 aliphatic rings. The summed E-state index contributed by atoms with van der Waals surface area (Å²) in [6.45, 7) is 0. The van der Waals surface area contributed by atoms with Gasteiger partial charge in [0.05, 0.1) is 12.5 Å². The largest absolute Gasteiger partial charge is 0.342 e. The normalized spacial score (nSPS) is 20.1. The van der Waals surface area contributed by atoms with Crippen LogP contribution in [-0.4, -0.2) is 22.3 Å². The van der Waals surface area contributed by atoms with Crippen molar-refractivity contribution >= 4 is 12.0 Å². The lowest BCUT2D eigenvalue weighted by Gasteiger charge is -2.10. The second-order valence-electron chi connectivity index (χ2n) is 2.12. The van der Waals surface area contributed by atoms with Crippen LogP contribution < -0.4 is 5.32 Å². The van der Waals surface area contributed by atoms with Gasteiger partial charge in [-0.2, -0.15) is 5.26 Å². The Morgan fingerprint density at radius 3 is 3.36 bits per heavy atom. The SMILES string of the molecule is N#CC1N=Cc2[nH]cnc2N1. The summed E-state index contributed by atoms with van der Waals surface area (Å²) in [5.74, 6) is 0.687. The van der Waals surface area contributed by atoms with Crippen LogP contribution in [0.1, 0.15) is 5.69 Å². The van der Waals surface area contributed by atoms with Crippen LogP contribution in [0.25, 0.3) is 0 Å². The first-order chi connectivity index (χ1) is 5.40. The number of aromatic amines is 1. The van der Waals surface area contributed by atoms with Gasteiger partial charge < -0.3 is 10.3 Å². The molecule has 1 atom stereocenters. The fourth-order valence-electron chi connectivity index (χ4n) is 0.899. The van der Waals surface area contributed by atoms with Crippen molar-refractivity contribution in [2.45, 2.75) is 6.17 Å². The van der Waals surface area contributed by atoms with Gasteiger partial charge in [0.15, 0.2) is 5.82 Å². The van der Waals surface area contributed by atoms with Crippen molar-refractivity contribution in [2.24, 2.45) is 4.99 Å². The molecule has 1 unspecified atom stereocenters. The number of rotatable bonds is 0. The Bertz CT molecular complexity index is 331. The summed E-state index contributed by atoms with van der Waals surface area (Å²) in [5, 5.41) is 11.3. The number of imidazole rings is 1. The molecule has 1 aromatic heterocycles. The zero-order valence-corrected chi connectivity index (χ0v) is 5.57. The molecule has 5 nitrogen and oxygen atoms in total. The second kappa shape index (κ2) is 2.09. The summed E-state index contributed by atoms with van der Waals surface area (Å²) in [6, 6.07) is 1.97. The van der Waals surface area contributed by atoms with E-state index in [1.54, 1.807) is 12.5 Å². The number of anilines is 1. The van der Waals surface area contributed by atoms with Gasteiger partial charge in [0.2, 0.25) is 6.17 Å². The molecule has 0 bridgehead atoms. The maximum atomic E-state index is 8.49. The van der Waals surface area contributed by atoms with Crippen LogP contribution in [0.4, 0.5) is 5.82 Å². The van der Waals surface area contributed by atoms with Crippen LogP contribution >= 0.6 is 0 Å². The zero-order chi connectivity index (χ0) is 7.68. The highest BCUT2D eigenvalue weighted by Crippen LogP contribution is 2.12. The van der Waals surface area contributed by atoms with Crippen molar-refractivity contribution in [2.75, 3.05) is 5.32 Å². The highest BCUT2D eigenvalue weighted by atomic mass is 15.2. The second-order valence-corrected chi connectivity index (χ2v) is 2.12. The number of nitriles is 1. The number of fused-ring (bicyclic) bond motifs is 1.